The molecule has 29 heavy (non-hydrogen) atoms. The van der Waals surface area contributed by atoms with Crippen molar-refractivity contribution in [1.82, 2.24) is 15.5 Å². The van der Waals surface area contributed by atoms with E-state index in [1.54, 1.807) is 50.1 Å². The summed E-state index contributed by atoms with van der Waals surface area (Å²) < 4.78 is 30.0. The maximum Gasteiger partial charge on any atom is 0.387 e. The van der Waals surface area contributed by atoms with Crippen LogP contribution >= 0.6 is 11.8 Å². The lowest BCUT2D eigenvalue weighted by molar-refractivity contribution is -0.127. The maximum absolute atomic E-state index is 12.7. The number of benzene rings is 1. The van der Waals surface area contributed by atoms with Gasteiger partial charge in [0, 0.05) is 45.5 Å². The number of nitrogens with zero attached hydrogens (tertiary/aromatic N) is 3. The van der Waals surface area contributed by atoms with Crippen molar-refractivity contribution < 1.29 is 18.3 Å². The Morgan fingerprint density at radius 1 is 1.41 bits per heavy atom. The fourth-order valence-electron chi connectivity index (χ4n) is 2.92. The highest BCUT2D eigenvalue weighted by molar-refractivity contribution is 7.98. The number of thioether (sulfide) groups is 1. The van der Waals surface area contributed by atoms with Gasteiger partial charge in [0.25, 0.3) is 0 Å². The monoisotopic (exact) mass is 429 g/mol. The van der Waals surface area contributed by atoms with Crippen LogP contribution in [0.4, 0.5) is 14.5 Å². The zero-order valence-corrected chi connectivity index (χ0v) is 17.8. The summed E-state index contributed by atoms with van der Waals surface area (Å²) in [5.74, 6) is 1.59. The molecule has 10 heteroatoms. The van der Waals surface area contributed by atoms with Gasteiger partial charge in [0.05, 0.1) is 5.69 Å². The van der Waals surface area contributed by atoms with Gasteiger partial charge >= 0.3 is 6.61 Å². The first-order valence-electron chi connectivity index (χ1n) is 9.43. The lowest BCUT2D eigenvalue weighted by Crippen LogP contribution is -2.45. The Bertz CT molecular complexity index is 690. The maximum atomic E-state index is 12.7. The van der Waals surface area contributed by atoms with Crippen LogP contribution in [0.3, 0.4) is 0 Å². The van der Waals surface area contributed by atoms with Crippen molar-refractivity contribution in [1.29, 1.82) is 0 Å². The second kappa shape index (κ2) is 11.7. The average Bonchev–Trinajstić information content (AvgIpc) is 3.14. The Morgan fingerprint density at radius 3 is 2.86 bits per heavy atom. The van der Waals surface area contributed by atoms with Crippen molar-refractivity contribution in [2.24, 2.45) is 4.99 Å². The van der Waals surface area contributed by atoms with Crippen LogP contribution in [0.5, 0.6) is 5.75 Å². The van der Waals surface area contributed by atoms with E-state index < -0.39 is 6.61 Å². The van der Waals surface area contributed by atoms with E-state index in [2.05, 4.69) is 20.4 Å². The average molecular weight is 430 g/mol. The van der Waals surface area contributed by atoms with Gasteiger partial charge in [-0.15, -0.1) is 0 Å². The predicted octanol–water partition coefficient (Wildman–Crippen LogP) is 1.85. The number of carbonyl (C=O) groups excluding carboxylic acids is 1. The van der Waals surface area contributed by atoms with Gasteiger partial charge in [-0.3, -0.25) is 4.79 Å². The Hall–Kier alpha value is -2.23. The minimum Gasteiger partial charge on any atom is -0.433 e. The minimum atomic E-state index is -2.86. The first-order chi connectivity index (χ1) is 13.9. The Kier molecular flexibility index (Phi) is 9.30. The Balaban J connectivity index is 2.01. The third-order valence-electron chi connectivity index (χ3n) is 4.42. The van der Waals surface area contributed by atoms with Gasteiger partial charge in [-0.2, -0.15) is 20.5 Å². The van der Waals surface area contributed by atoms with E-state index in [9.17, 15) is 13.6 Å². The number of rotatable bonds is 9. The van der Waals surface area contributed by atoms with E-state index >= 15 is 0 Å². The van der Waals surface area contributed by atoms with Crippen LogP contribution in [0.25, 0.3) is 0 Å². The zero-order chi connectivity index (χ0) is 21.2. The number of carbonyl (C=O) groups is 1. The van der Waals surface area contributed by atoms with Crippen LogP contribution in [-0.4, -0.2) is 81.7 Å². The number of likely N-dealkylation sites (N-methyl/N-ethyl adjacent to an activating group) is 1. The third kappa shape index (κ3) is 7.60. The Morgan fingerprint density at radius 2 is 2.17 bits per heavy atom. The molecule has 0 aliphatic carbocycles. The summed E-state index contributed by atoms with van der Waals surface area (Å²) >= 11 is 1.72. The molecular weight excluding hydrogens is 400 g/mol. The number of alkyl halides is 2. The van der Waals surface area contributed by atoms with Crippen molar-refractivity contribution >= 4 is 29.3 Å². The third-order valence-corrected chi connectivity index (χ3v) is 5.03. The molecule has 1 unspecified atom stereocenters. The van der Waals surface area contributed by atoms with Crippen LogP contribution in [0.15, 0.2) is 29.3 Å². The first kappa shape index (κ1) is 23.1. The van der Waals surface area contributed by atoms with E-state index in [4.69, 9.17) is 0 Å². The number of halogens is 2. The molecule has 1 fully saturated rings. The summed E-state index contributed by atoms with van der Waals surface area (Å²) in [4.78, 5) is 19.8. The molecule has 2 N–H and O–H groups in total. The second-order valence-corrected chi connectivity index (χ2v) is 7.78. The van der Waals surface area contributed by atoms with Crippen molar-refractivity contribution in [3.63, 3.8) is 0 Å². The SMILES string of the molecule is CSCCNC(=NCC(=O)N(C)C)NC1CCN(c2ccccc2OC(F)F)C1. The van der Waals surface area contributed by atoms with Crippen molar-refractivity contribution in [3.8, 4) is 5.75 Å². The fraction of sp³-hybridized carbons (Fsp3) is 0.579. The van der Waals surface area contributed by atoms with E-state index in [0.717, 1.165) is 18.7 Å². The molecule has 0 spiro atoms. The molecule has 0 radical (unpaired) electrons. The van der Waals surface area contributed by atoms with E-state index in [0.29, 0.717) is 24.7 Å². The summed E-state index contributed by atoms with van der Waals surface area (Å²) in [6.07, 6.45) is 2.84. The smallest absolute Gasteiger partial charge is 0.387 e. The molecule has 1 aliphatic heterocycles. The van der Waals surface area contributed by atoms with E-state index in [1.165, 1.54) is 4.90 Å². The van der Waals surface area contributed by atoms with Gasteiger partial charge in [0.1, 0.15) is 12.3 Å². The molecule has 0 bridgehead atoms. The van der Waals surface area contributed by atoms with Crippen LogP contribution in [0.1, 0.15) is 6.42 Å². The topological polar surface area (TPSA) is 69.2 Å². The Labute approximate surface area is 174 Å². The number of hydrogen-bond donors (Lipinski definition) is 2. The molecule has 0 aromatic heterocycles. The van der Waals surface area contributed by atoms with Crippen molar-refractivity contribution in [3.05, 3.63) is 24.3 Å². The summed E-state index contributed by atoms with van der Waals surface area (Å²) in [5.41, 5.74) is 0.647. The molecule has 7 nitrogen and oxygen atoms in total. The number of amides is 1. The first-order valence-corrected chi connectivity index (χ1v) is 10.8. The lowest BCUT2D eigenvalue weighted by atomic mass is 10.2. The number of anilines is 1. The molecular formula is C19H29F2N5O2S. The molecule has 1 saturated heterocycles. The number of para-hydroxylation sites is 2. The quantitative estimate of drug-likeness (QED) is 0.355. The van der Waals surface area contributed by atoms with Crippen LogP contribution in [0, 0.1) is 0 Å². The van der Waals surface area contributed by atoms with Crippen molar-refractivity contribution in [2.45, 2.75) is 19.1 Å². The van der Waals surface area contributed by atoms with Gasteiger partial charge < -0.3 is 25.2 Å². The van der Waals surface area contributed by atoms with Crippen molar-refractivity contribution in [2.75, 3.05) is 57.2 Å². The number of hydrogen-bond acceptors (Lipinski definition) is 5. The standard InChI is InChI=1S/C19H29F2N5O2S/c1-25(2)17(27)12-23-19(22-9-11-29-3)24-14-8-10-26(13-14)15-6-4-5-7-16(15)28-18(20)21/h4-7,14,18H,8-13H2,1-3H3,(H2,22,23,24). The molecule has 0 saturated carbocycles. The van der Waals surface area contributed by atoms with E-state index in [-0.39, 0.29) is 24.2 Å². The van der Waals surface area contributed by atoms with Crippen LogP contribution in [0.2, 0.25) is 0 Å². The highest BCUT2D eigenvalue weighted by atomic mass is 32.2. The van der Waals surface area contributed by atoms with Crippen LogP contribution in [-0.2, 0) is 4.79 Å². The number of nitrogens with one attached hydrogen (secondary N) is 2. The summed E-state index contributed by atoms with van der Waals surface area (Å²) in [5, 5.41) is 6.60. The number of ether oxygens (including phenoxy) is 1. The highest BCUT2D eigenvalue weighted by Gasteiger charge is 2.26. The molecule has 1 atom stereocenters. The summed E-state index contributed by atoms with van der Waals surface area (Å²) in [7, 11) is 3.39. The zero-order valence-electron chi connectivity index (χ0n) is 17.0. The van der Waals surface area contributed by atoms with Crippen LogP contribution < -0.4 is 20.3 Å². The largest absolute Gasteiger partial charge is 0.433 e. The van der Waals surface area contributed by atoms with Gasteiger partial charge in [0.2, 0.25) is 5.91 Å². The van der Waals surface area contributed by atoms with Gasteiger partial charge in [-0.25, -0.2) is 4.99 Å². The predicted molar refractivity (Wildman–Crippen MR) is 114 cm³/mol. The fourth-order valence-corrected chi connectivity index (χ4v) is 3.22. The molecule has 1 aromatic rings. The normalized spacial score (nSPS) is 16.8. The van der Waals surface area contributed by atoms with Gasteiger partial charge in [-0.05, 0) is 24.8 Å². The van der Waals surface area contributed by atoms with Gasteiger partial charge in [-0.1, -0.05) is 12.1 Å². The molecule has 1 aromatic carbocycles. The number of aliphatic imine (C=N–C) groups is 1. The molecule has 1 heterocycles. The molecule has 1 aliphatic rings. The highest BCUT2D eigenvalue weighted by Crippen LogP contribution is 2.31. The molecule has 1 amide bonds. The summed E-state index contributed by atoms with van der Waals surface area (Å²) in [6, 6.07) is 6.88. The summed E-state index contributed by atoms with van der Waals surface area (Å²) in [6.45, 7) is -0.751. The molecule has 2 rings (SSSR count). The second-order valence-electron chi connectivity index (χ2n) is 6.79. The minimum absolute atomic E-state index is 0.0586. The lowest BCUT2D eigenvalue weighted by Gasteiger charge is -2.22. The molecule has 162 valence electrons. The van der Waals surface area contributed by atoms with Gasteiger partial charge in [0.15, 0.2) is 5.96 Å². The van der Waals surface area contributed by atoms with E-state index in [1.807, 2.05) is 11.2 Å². The number of guanidine groups is 1.